The van der Waals surface area contributed by atoms with Gasteiger partial charge in [-0.15, -0.1) is 0 Å². The molecular weight excluding hydrogens is 296 g/mol. The van der Waals surface area contributed by atoms with Crippen molar-refractivity contribution in [1.82, 2.24) is 10.2 Å². The topological polar surface area (TPSA) is 83.6 Å². The number of ketones is 1. The quantitative estimate of drug-likeness (QED) is 0.673. The molecule has 1 N–H and O–H groups in total. The van der Waals surface area contributed by atoms with Crippen LogP contribution in [0.1, 0.15) is 53.5 Å². The molecule has 3 amide bonds. The Morgan fingerprint density at radius 2 is 1.91 bits per heavy atom. The third-order valence-corrected chi connectivity index (χ3v) is 3.88. The standard InChI is InChI=1S/C17H20N2O4/c1-9(2)19-15(21)8-14(17(19)23)18-16(22)12-6-5-10(3)13(7-12)11(4)20/h5-7,9,14H,8H2,1-4H3,(H,18,22). The van der Waals surface area contributed by atoms with E-state index in [0.717, 1.165) is 5.56 Å². The molecule has 1 aromatic carbocycles. The van der Waals surface area contributed by atoms with Gasteiger partial charge in [0.1, 0.15) is 6.04 Å². The van der Waals surface area contributed by atoms with Gasteiger partial charge in [-0.1, -0.05) is 6.07 Å². The fraction of sp³-hybridized carbons (Fsp3) is 0.412. The van der Waals surface area contributed by atoms with Gasteiger partial charge in [0.25, 0.3) is 11.8 Å². The zero-order valence-electron chi connectivity index (χ0n) is 13.7. The van der Waals surface area contributed by atoms with E-state index in [1.54, 1.807) is 32.9 Å². The Morgan fingerprint density at radius 1 is 1.26 bits per heavy atom. The second-order valence-corrected chi connectivity index (χ2v) is 6.01. The summed E-state index contributed by atoms with van der Waals surface area (Å²) in [6.07, 6.45) is -0.0336. The highest BCUT2D eigenvalue weighted by Crippen LogP contribution is 2.17. The molecular formula is C17H20N2O4. The number of aryl methyl sites for hydroxylation is 1. The largest absolute Gasteiger partial charge is 0.340 e. The van der Waals surface area contributed by atoms with Gasteiger partial charge in [-0.3, -0.25) is 24.1 Å². The van der Waals surface area contributed by atoms with E-state index in [4.69, 9.17) is 0 Å². The van der Waals surface area contributed by atoms with Crippen molar-refractivity contribution in [1.29, 1.82) is 0 Å². The third-order valence-electron chi connectivity index (χ3n) is 3.88. The lowest BCUT2D eigenvalue weighted by atomic mass is 10.0. The molecule has 1 heterocycles. The van der Waals surface area contributed by atoms with Crippen LogP contribution < -0.4 is 5.32 Å². The molecule has 0 spiro atoms. The van der Waals surface area contributed by atoms with E-state index in [2.05, 4.69) is 5.32 Å². The minimum Gasteiger partial charge on any atom is -0.340 e. The SMILES string of the molecule is CC(=O)c1cc(C(=O)NC2CC(=O)N(C(C)C)C2=O)ccc1C. The zero-order chi connectivity index (χ0) is 17.3. The molecule has 6 nitrogen and oxygen atoms in total. The molecule has 2 rings (SSSR count). The number of carbonyl (C=O) groups excluding carboxylic acids is 4. The molecule has 6 heteroatoms. The number of nitrogens with zero attached hydrogens (tertiary/aromatic N) is 1. The highest BCUT2D eigenvalue weighted by atomic mass is 16.2. The van der Waals surface area contributed by atoms with Crippen LogP contribution in [-0.2, 0) is 9.59 Å². The van der Waals surface area contributed by atoms with E-state index in [0.29, 0.717) is 11.1 Å². The smallest absolute Gasteiger partial charge is 0.252 e. The van der Waals surface area contributed by atoms with Crippen molar-refractivity contribution in [3.8, 4) is 0 Å². The maximum absolute atomic E-state index is 12.3. The maximum atomic E-state index is 12.3. The van der Waals surface area contributed by atoms with Crippen LogP contribution in [0.2, 0.25) is 0 Å². The van der Waals surface area contributed by atoms with Crippen LogP contribution in [0, 0.1) is 6.92 Å². The molecule has 122 valence electrons. The average Bonchev–Trinajstić information content (AvgIpc) is 2.73. The van der Waals surface area contributed by atoms with Crippen molar-refractivity contribution < 1.29 is 19.2 Å². The highest BCUT2D eigenvalue weighted by Gasteiger charge is 2.40. The third kappa shape index (κ3) is 3.31. The first-order valence-corrected chi connectivity index (χ1v) is 7.50. The van der Waals surface area contributed by atoms with Gasteiger partial charge in [0.2, 0.25) is 5.91 Å². The summed E-state index contributed by atoms with van der Waals surface area (Å²) in [7, 11) is 0. The molecule has 1 aliphatic heterocycles. The summed E-state index contributed by atoms with van der Waals surface area (Å²) in [4.78, 5) is 49.1. The van der Waals surface area contributed by atoms with Gasteiger partial charge in [0, 0.05) is 17.2 Å². The number of Topliss-reactive ketones (excluding diaryl/α,β-unsaturated/α-hetero) is 1. The Hall–Kier alpha value is -2.50. The number of hydrogen-bond acceptors (Lipinski definition) is 4. The lowest BCUT2D eigenvalue weighted by molar-refractivity contribution is -0.140. The predicted octanol–water partition coefficient (Wildman–Crippen LogP) is 1.46. The molecule has 1 fully saturated rings. The molecule has 1 atom stereocenters. The van der Waals surface area contributed by atoms with E-state index in [1.807, 2.05) is 0 Å². The van der Waals surface area contributed by atoms with Crippen molar-refractivity contribution in [3.63, 3.8) is 0 Å². The summed E-state index contributed by atoms with van der Waals surface area (Å²) in [5.74, 6) is -1.28. The van der Waals surface area contributed by atoms with Crippen molar-refractivity contribution in [2.75, 3.05) is 0 Å². The Bertz CT molecular complexity index is 694. The van der Waals surface area contributed by atoms with Crippen LogP contribution in [-0.4, -0.2) is 40.5 Å². The van der Waals surface area contributed by atoms with Crippen molar-refractivity contribution in [2.45, 2.75) is 46.2 Å². The van der Waals surface area contributed by atoms with Crippen molar-refractivity contribution >= 4 is 23.5 Å². The second-order valence-electron chi connectivity index (χ2n) is 6.01. The van der Waals surface area contributed by atoms with Gasteiger partial charge in [0.05, 0.1) is 6.42 Å². The monoisotopic (exact) mass is 316 g/mol. The molecule has 23 heavy (non-hydrogen) atoms. The lowest BCUT2D eigenvalue weighted by Crippen LogP contribution is -2.43. The first kappa shape index (κ1) is 16.9. The van der Waals surface area contributed by atoms with Crippen molar-refractivity contribution in [2.24, 2.45) is 0 Å². The number of nitrogens with one attached hydrogen (secondary N) is 1. The number of hydrogen-bond donors (Lipinski definition) is 1. The van der Waals surface area contributed by atoms with E-state index in [1.165, 1.54) is 17.9 Å². The van der Waals surface area contributed by atoms with E-state index >= 15 is 0 Å². The van der Waals surface area contributed by atoms with Gasteiger partial charge in [-0.2, -0.15) is 0 Å². The van der Waals surface area contributed by atoms with Crippen LogP contribution in [0.25, 0.3) is 0 Å². The van der Waals surface area contributed by atoms with Gasteiger partial charge >= 0.3 is 0 Å². The van der Waals surface area contributed by atoms with E-state index in [-0.39, 0.29) is 24.2 Å². The van der Waals surface area contributed by atoms with Gasteiger partial charge in [-0.25, -0.2) is 0 Å². The van der Waals surface area contributed by atoms with E-state index in [9.17, 15) is 19.2 Å². The van der Waals surface area contributed by atoms with Gasteiger partial charge < -0.3 is 5.32 Å². The predicted molar refractivity (Wildman–Crippen MR) is 84.0 cm³/mol. The summed E-state index contributed by atoms with van der Waals surface area (Å²) < 4.78 is 0. The molecule has 0 radical (unpaired) electrons. The fourth-order valence-electron chi connectivity index (χ4n) is 2.69. The Kier molecular flexibility index (Phi) is 4.63. The number of imide groups is 1. The molecule has 0 saturated carbocycles. The summed E-state index contributed by atoms with van der Waals surface area (Å²) in [6.45, 7) is 6.72. The summed E-state index contributed by atoms with van der Waals surface area (Å²) in [6, 6.07) is 3.71. The van der Waals surface area contributed by atoms with Crippen LogP contribution in [0.4, 0.5) is 0 Å². The Morgan fingerprint density at radius 3 is 2.43 bits per heavy atom. The fourth-order valence-corrected chi connectivity index (χ4v) is 2.69. The normalized spacial score (nSPS) is 17.8. The molecule has 1 aliphatic rings. The molecule has 1 saturated heterocycles. The average molecular weight is 316 g/mol. The molecule has 1 unspecified atom stereocenters. The number of carbonyl (C=O) groups is 4. The van der Waals surface area contributed by atoms with Crippen LogP contribution in [0.5, 0.6) is 0 Å². The molecule has 1 aromatic rings. The minimum atomic E-state index is -0.848. The van der Waals surface area contributed by atoms with Gasteiger partial charge in [0.15, 0.2) is 5.78 Å². The molecule has 0 aliphatic carbocycles. The van der Waals surface area contributed by atoms with Gasteiger partial charge in [-0.05, 0) is 45.4 Å². The molecule has 0 aromatic heterocycles. The van der Waals surface area contributed by atoms with Crippen LogP contribution in [0.3, 0.4) is 0 Å². The highest BCUT2D eigenvalue weighted by molar-refractivity contribution is 6.08. The number of likely N-dealkylation sites (tertiary alicyclic amines) is 1. The van der Waals surface area contributed by atoms with Crippen LogP contribution >= 0.6 is 0 Å². The summed E-state index contributed by atoms with van der Waals surface area (Å²) >= 11 is 0. The number of rotatable bonds is 4. The first-order chi connectivity index (χ1) is 10.7. The lowest BCUT2D eigenvalue weighted by Gasteiger charge is -2.19. The number of amides is 3. The summed E-state index contributed by atoms with van der Waals surface area (Å²) in [5.41, 5.74) is 1.55. The molecule has 0 bridgehead atoms. The van der Waals surface area contributed by atoms with Crippen LogP contribution in [0.15, 0.2) is 18.2 Å². The number of benzene rings is 1. The minimum absolute atomic E-state index is 0.0336. The van der Waals surface area contributed by atoms with Crippen molar-refractivity contribution in [3.05, 3.63) is 34.9 Å². The Balaban J connectivity index is 2.17. The second kappa shape index (κ2) is 6.32. The Labute approximate surface area is 134 Å². The maximum Gasteiger partial charge on any atom is 0.252 e. The summed E-state index contributed by atoms with van der Waals surface area (Å²) in [5, 5.41) is 2.58. The zero-order valence-corrected chi connectivity index (χ0v) is 13.7. The first-order valence-electron chi connectivity index (χ1n) is 7.50. The van der Waals surface area contributed by atoms with E-state index < -0.39 is 17.9 Å².